The zero-order valence-corrected chi connectivity index (χ0v) is 12.8. The molecule has 1 aliphatic heterocycles. The van der Waals surface area contributed by atoms with E-state index in [1.807, 2.05) is 0 Å². The van der Waals surface area contributed by atoms with Crippen LogP contribution in [0.4, 0.5) is 0 Å². The molecule has 3 rings (SSSR count). The molecule has 0 spiro atoms. The maximum Gasteiger partial charge on any atom is 0.490 e. The Morgan fingerprint density at radius 3 is 2.15 bits per heavy atom. The fourth-order valence-electron chi connectivity index (χ4n) is 3.18. The Balaban J connectivity index is 1.78. The zero-order valence-electron chi connectivity index (χ0n) is 12.8. The summed E-state index contributed by atoms with van der Waals surface area (Å²) >= 11 is 0. The van der Waals surface area contributed by atoms with Crippen LogP contribution in [0, 0.1) is 11.8 Å². The van der Waals surface area contributed by atoms with E-state index in [0.29, 0.717) is 11.8 Å². The highest BCUT2D eigenvalue weighted by Gasteiger charge is 2.44. The SMILES string of the molecule is CC(C)[C@H]1OB(C2=Cc3ccccc3C2)O[C@H]1C(C)C. The van der Waals surface area contributed by atoms with E-state index < -0.39 is 0 Å². The normalized spacial score (nSPS) is 25.5. The first kappa shape index (κ1) is 13.9. The van der Waals surface area contributed by atoms with Gasteiger partial charge in [-0.3, -0.25) is 0 Å². The molecule has 1 aliphatic carbocycles. The van der Waals surface area contributed by atoms with Gasteiger partial charge in [0.05, 0.1) is 12.2 Å². The van der Waals surface area contributed by atoms with Crippen LogP contribution in [0.5, 0.6) is 0 Å². The number of hydrogen-bond donors (Lipinski definition) is 0. The average molecular weight is 270 g/mol. The molecule has 1 saturated heterocycles. The molecule has 2 aliphatic rings. The maximum absolute atomic E-state index is 6.22. The second-order valence-corrected chi connectivity index (χ2v) is 6.62. The van der Waals surface area contributed by atoms with E-state index in [2.05, 4.69) is 58.0 Å². The molecular formula is C17H23BO2. The third-order valence-electron chi connectivity index (χ3n) is 4.29. The lowest BCUT2D eigenvalue weighted by atomic mass is 9.77. The lowest BCUT2D eigenvalue weighted by molar-refractivity contribution is 0.0815. The molecule has 2 nitrogen and oxygen atoms in total. The highest BCUT2D eigenvalue weighted by molar-refractivity contribution is 6.55. The molecule has 1 fully saturated rings. The van der Waals surface area contributed by atoms with Crippen molar-refractivity contribution >= 4 is 13.2 Å². The van der Waals surface area contributed by atoms with E-state index in [9.17, 15) is 0 Å². The standard InChI is InChI=1S/C17H23BO2/c1-11(2)16-17(12(3)4)20-18(19-16)15-9-13-7-5-6-8-14(13)10-15/h5-9,11-12,16-17H,10H2,1-4H3/t16-,17+. The molecule has 0 aromatic heterocycles. The molecule has 0 amide bonds. The minimum atomic E-state index is -0.165. The minimum Gasteiger partial charge on any atom is -0.402 e. The molecule has 3 heteroatoms. The first-order valence-electron chi connectivity index (χ1n) is 7.65. The van der Waals surface area contributed by atoms with Crippen molar-refractivity contribution in [1.29, 1.82) is 0 Å². The molecule has 0 N–H and O–H groups in total. The van der Waals surface area contributed by atoms with E-state index in [1.54, 1.807) is 0 Å². The topological polar surface area (TPSA) is 18.5 Å². The van der Waals surface area contributed by atoms with Crippen molar-refractivity contribution in [3.05, 3.63) is 40.9 Å². The molecule has 1 aromatic rings. The fourth-order valence-corrected chi connectivity index (χ4v) is 3.18. The van der Waals surface area contributed by atoms with Gasteiger partial charge in [-0.1, -0.05) is 58.0 Å². The van der Waals surface area contributed by atoms with Gasteiger partial charge in [0, 0.05) is 0 Å². The van der Waals surface area contributed by atoms with Gasteiger partial charge >= 0.3 is 7.12 Å². The monoisotopic (exact) mass is 270 g/mol. The van der Waals surface area contributed by atoms with Crippen LogP contribution < -0.4 is 0 Å². The predicted octanol–water partition coefficient (Wildman–Crippen LogP) is 3.75. The third-order valence-corrected chi connectivity index (χ3v) is 4.29. The Hall–Kier alpha value is -1.06. The van der Waals surface area contributed by atoms with Gasteiger partial charge in [-0.25, -0.2) is 0 Å². The van der Waals surface area contributed by atoms with Gasteiger partial charge in [-0.2, -0.15) is 0 Å². The average Bonchev–Trinajstić information content (AvgIpc) is 3.02. The van der Waals surface area contributed by atoms with Gasteiger partial charge in [0.25, 0.3) is 0 Å². The second kappa shape index (κ2) is 5.38. The van der Waals surface area contributed by atoms with Crippen molar-refractivity contribution in [2.75, 3.05) is 0 Å². The summed E-state index contributed by atoms with van der Waals surface area (Å²) < 4.78 is 12.4. The van der Waals surface area contributed by atoms with Gasteiger partial charge in [-0.05, 0) is 34.9 Å². The van der Waals surface area contributed by atoms with Gasteiger partial charge < -0.3 is 9.31 Å². The van der Waals surface area contributed by atoms with E-state index in [0.717, 1.165) is 6.42 Å². The summed E-state index contributed by atoms with van der Waals surface area (Å²) in [5, 5.41) is 0. The second-order valence-electron chi connectivity index (χ2n) is 6.62. The van der Waals surface area contributed by atoms with E-state index in [-0.39, 0.29) is 19.3 Å². The molecule has 1 aromatic carbocycles. The molecule has 0 radical (unpaired) electrons. The van der Waals surface area contributed by atoms with Gasteiger partial charge in [0.2, 0.25) is 0 Å². The van der Waals surface area contributed by atoms with Crippen molar-refractivity contribution in [3.63, 3.8) is 0 Å². The molecule has 0 saturated carbocycles. The van der Waals surface area contributed by atoms with Crippen molar-refractivity contribution < 1.29 is 9.31 Å². The van der Waals surface area contributed by atoms with Crippen molar-refractivity contribution in [1.82, 2.24) is 0 Å². The smallest absolute Gasteiger partial charge is 0.402 e. The Bertz CT molecular complexity index is 505. The molecular weight excluding hydrogens is 247 g/mol. The summed E-state index contributed by atoms with van der Waals surface area (Å²) in [7, 11) is -0.165. The molecule has 2 atom stereocenters. The van der Waals surface area contributed by atoms with Crippen LogP contribution >= 0.6 is 0 Å². The van der Waals surface area contributed by atoms with Crippen LogP contribution in [-0.4, -0.2) is 19.3 Å². The lowest BCUT2D eigenvalue weighted by Crippen LogP contribution is -2.31. The highest BCUT2D eigenvalue weighted by Crippen LogP contribution is 2.34. The maximum atomic E-state index is 6.22. The summed E-state index contributed by atoms with van der Waals surface area (Å²) in [5.41, 5.74) is 3.95. The van der Waals surface area contributed by atoms with Crippen LogP contribution in [0.15, 0.2) is 29.7 Å². The van der Waals surface area contributed by atoms with E-state index >= 15 is 0 Å². The van der Waals surface area contributed by atoms with Crippen LogP contribution in [0.1, 0.15) is 38.8 Å². The molecule has 1 heterocycles. The van der Waals surface area contributed by atoms with Crippen molar-refractivity contribution in [2.24, 2.45) is 11.8 Å². The van der Waals surface area contributed by atoms with Crippen LogP contribution in [-0.2, 0) is 15.7 Å². The first-order chi connectivity index (χ1) is 9.56. The molecule has 0 unspecified atom stereocenters. The Morgan fingerprint density at radius 2 is 1.60 bits per heavy atom. The largest absolute Gasteiger partial charge is 0.490 e. The summed E-state index contributed by atoms with van der Waals surface area (Å²) in [5.74, 6) is 0.966. The Labute approximate surface area is 122 Å². The van der Waals surface area contributed by atoms with Crippen LogP contribution in [0.3, 0.4) is 0 Å². The number of hydrogen-bond acceptors (Lipinski definition) is 2. The molecule has 20 heavy (non-hydrogen) atoms. The van der Waals surface area contributed by atoms with Crippen molar-refractivity contribution in [3.8, 4) is 0 Å². The summed E-state index contributed by atoms with van der Waals surface area (Å²) in [6.07, 6.45) is 3.59. The third kappa shape index (κ3) is 2.45. The number of allylic oxidation sites excluding steroid dienone is 1. The van der Waals surface area contributed by atoms with Gasteiger partial charge in [0.15, 0.2) is 0 Å². The van der Waals surface area contributed by atoms with Crippen LogP contribution in [0.25, 0.3) is 6.08 Å². The fraction of sp³-hybridized carbons (Fsp3) is 0.529. The summed E-state index contributed by atoms with van der Waals surface area (Å²) in [6.45, 7) is 8.85. The van der Waals surface area contributed by atoms with E-state index in [4.69, 9.17) is 9.31 Å². The van der Waals surface area contributed by atoms with Gasteiger partial charge in [-0.15, -0.1) is 0 Å². The minimum absolute atomic E-state index is 0.165. The van der Waals surface area contributed by atoms with Crippen LogP contribution in [0.2, 0.25) is 0 Å². The number of fused-ring (bicyclic) bond motifs is 1. The predicted molar refractivity (Wildman–Crippen MR) is 83.3 cm³/mol. The quantitative estimate of drug-likeness (QED) is 0.779. The number of benzene rings is 1. The molecule has 0 bridgehead atoms. The number of rotatable bonds is 3. The highest BCUT2D eigenvalue weighted by atomic mass is 16.7. The van der Waals surface area contributed by atoms with Gasteiger partial charge in [0.1, 0.15) is 0 Å². The first-order valence-corrected chi connectivity index (χ1v) is 7.65. The van der Waals surface area contributed by atoms with Crippen molar-refractivity contribution in [2.45, 2.75) is 46.3 Å². The lowest BCUT2D eigenvalue weighted by Gasteiger charge is -2.24. The van der Waals surface area contributed by atoms with E-state index in [1.165, 1.54) is 16.6 Å². The Kier molecular flexibility index (Phi) is 3.74. The Morgan fingerprint density at radius 1 is 1.00 bits per heavy atom. The summed E-state index contributed by atoms with van der Waals surface area (Å²) in [4.78, 5) is 0. The summed E-state index contributed by atoms with van der Waals surface area (Å²) in [6, 6.07) is 8.53. The zero-order chi connectivity index (χ0) is 14.3. The molecule has 106 valence electrons.